The molecule has 1 aliphatic rings. The van der Waals surface area contributed by atoms with Crippen LogP contribution in [0.2, 0.25) is 0 Å². The van der Waals surface area contributed by atoms with Gasteiger partial charge >= 0.3 is 5.97 Å². The van der Waals surface area contributed by atoms with E-state index in [4.69, 9.17) is 4.74 Å². The molecule has 24 heavy (non-hydrogen) atoms. The summed E-state index contributed by atoms with van der Waals surface area (Å²) in [5, 5.41) is 0. The predicted molar refractivity (Wildman–Crippen MR) is 96.3 cm³/mol. The highest BCUT2D eigenvalue weighted by Crippen LogP contribution is 2.33. The Kier molecular flexibility index (Phi) is 6.03. The second-order valence-corrected chi connectivity index (χ2v) is 7.27. The van der Waals surface area contributed by atoms with Crippen LogP contribution in [0.4, 0.5) is 5.69 Å². The van der Waals surface area contributed by atoms with Gasteiger partial charge in [-0.05, 0) is 64.5 Å². The highest BCUT2D eigenvalue weighted by atomic mass is 16.5. The molecule has 0 heterocycles. The number of benzene rings is 1. The Morgan fingerprint density at radius 3 is 2.33 bits per heavy atom. The van der Waals surface area contributed by atoms with Gasteiger partial charge in [0.1, 0.15) is 0 Å². The predicted octanol–water partition coefficient (Wildman–Crippen LogP) is 4.35. The molecular weight excluding hydrogens is 302 g/mol. The number of hydrogen-bond acceptors (Lipinski definition) is 3. The molecule has 2 rings (SSSR count). The number of aryl methyl sites for hydroxylation is 1. The molecule has 1 fully saturated rings. The Morgan fingerprint density at radius 1 is 1.17 bits per heavy atom. The molecular formula is C20H29NO3. The molecule has 1 aliphatic carbocycles. The summed E-state index contributed by atoms with van der Waals surface area (Å²) in [5.74, 6) is 0.484. The number of carbonyl (C=O) groups excluding carboxylic acids is 2. The van der Waals surface area contributed by atoms with Gasteiger partial charge in [-0.25, -0.2) is 4.79 Å². The summed E-state index contributed by atoms with van der Waals surface area (Å²) in [6.45, 7) is 8.16. The van der Waals surface area contributed by atoms with Crippen molar-refractivity contribution in [2.75, 3.05) is 12.0 Å². The minimum absolute atomic E-state index is 0.0111. The van der Waals surface area contributed by atoms with E-state index in [9.17, 15) is 9.59 Å². The molecule has 4 nitrogen and oxygen atoms in total. The van der Waals surface area contributed by atoms with Crippen molar-refractivity contribution in [1.82, 2.24) is 0 Å². The zero-order valence-corrected chi connectivity index (χ0v) is 15.5. The van der Waals surface area contributed by atoms with Crippen LogP contribution in [0.25, 0.3) is 0 Å². The van der Waals surface area contributed by atoms with E-state index in [1.165, 1.54) is 7.11 Å². The van der Waals surface area contributed by atoms with Crippen molar-refractivity contribution in [3.05, 3.63) is 29.3 Å². The summed E-state index contributed by atoms with van der Waals surface area (Å²) in [6.07, 6.45) is 4.06. The fraction of sp³-hybridized carbons (Fsp3) is 0.600. The minimum atomic E-state index is -0.399. The molecule has 0 N–H and O–H groups in total. The van der Waals surface area contributed by atoms with Crippen molar-refractivity contribution in [2.24, 2.45) is 11.8 Å². The SMILES string of the molecule is COC(=O)c1cc(C)ccc1N(C(=O)C1CCC(C)CC1)C(C)C. The Hall–Kier alpha value is -1.84. The Morgan fingerprint density at radius 2 is 1.79 bits per heavy atom. The fourth-order valence-electron chi connectivity index (χ4n) is 3.49. The number of nitrogens with zero attached hydrogens (tertiary/aromatic N) is 1. The van der Waals surface area contributed by atoms with E-state index in [-0.39, 0.29) is 17.9 Å². The van der Waals surface area contributed by atoms with Gasteiger partial charge in [0, 0.05) is 12.0 Å². The molecule has 1 amide bonds. The number of carbonyl (C=O) groups is 2. The molecule has 0 spiro atoms. The van der Waals surface area contributed by atoms with Gasteiger partial charge in [0.2, 0.25) is 5.91 Å². The number of rotatable bonds is 4. The van der Waals surface area contributed by atoms with Crippen LogP contribution in [-0.4, -0.2) is 25.0 Å². The summed E-state index contributed by atoms with van der Waals surface area (Å²) in [4.78, 5) is 27.1. The number of anilines is 1. The van der Waals surface area contributed by atoms with Crippen LogP contribution in [0.5, 0.6) is 0 Å². The molecule has 0 saturated heterocycles. The van der Waals surface area contributed by atoms with Crippen molar-refractivity contribution < 1.29 is 14.3 Å². The third-order valence-electron chi connectivity index (χ3n) is 4.94. The molecule has 0 radical (unpaired) electrons. The number of methoxy groups -OCH3 is 1. The number of esters is 1. The lowest BCUT2D eigenvalue weighted by molar-refractivity contribution is -0.123. The summed E-state index contributed by atoms with van der Waals surface area (Å²) >= 11 is 0. The fourth-order valence-corrected chi connectivity index (χ4v) is 3.49. The van der Waals surface area contributed by atoms with Gasteiger partial charge in [0.15, 0.2) is 0 Å². The Bertz CT molecular complexity index is 601. The normalized spacial score (nSPS) is 20.8. The van der Waals surface area contributed by atoms with Crippen LogP contribution in [0.1, 0.15) is 62.4 Å². The topological polar surface area (TPSA) is 46.6 Å². The van der Waals surface area contributed by atoms with Crippen molar-refractivity contribution >= 4 is 17.6 Å². The van der Waals surface area contributed by atoms with Crippen molar-refractivity contribution in [1.29, 1.82) is 0 Å². The standard InChI is InChI=1S/C20H29NO3/c1-13(2)21(19(22)16-9-6-14(3)7-10-16)18-11-8-15(4)12-17(18)20(23)24-5/h8,11-14,16H,6-7,9-10H2,1-5H3. The lowest BCUT2D eigenvalue weighted by Crippen LogP contribution is -2.43. The summed E-state index contributed by atoms with van der Waals surface area (Å²) < 4.78 is 4.92. The van der Waals surface area contributed by atoms with Gasteiger partial charge in [-0.2, -0.15) is 0 Å². The van der Waals surface area contributed by atoms with E-state index in [0.29, 0.717) is 17.2 Å². The second-order valence-electron chi connectivity index (χ2n) is 7.27. The van der Waals surface area contributed by atoms with Crippen LogP contribution in [-0.2, 0) is 9.53 Å². The lowest BCUT2D eigenvalue weighted by Gasteiger charge is -2.34. The number of amides is 1. The average Bonchev–Trinajstić information content (AvgIpc) is 2.55. The summed E-state index contributed by atoms with van der Waals surface area (Å²) in [5.41, 5.74) is 2.09. The Labute approximate surface area is 145 Å². The molecule has 1 aromatic carbocycles. The van der Waals surface area contributed by atoms with E-state index >= 15 is 0 Å². The molecule has 1 aromatic rings. The van der Waals surface area contributed by atoms with Crippen molar-refractivity contribution in [3.8, 4) is 0 Å². The van der Waals surface area contributed by atoms with Gasteiger partial charge in [-0.3, -0.25) is 4.79 Å². The van der Waals surface area contributed by atoms with Gasteiger partial charge < -0.3 is 9.64 Å². The highest BCUT2D eigenvalue weighted by molar-refractivity contribution is 6.03. The van der Waals surface area contributed by atoms with Crippen molar-refractivity contribution in [3.63, 3.8) is 0 Å². The summed E-state index contributed by atoms with van der Waals surface area (Å²) in [7, 11) is 1.37. The maximum Gasteiger partial charge on any atom is 0.339 e. The minimum Gasteiger partial charge on any atom is -0.465 e. The van der Waals surface area contributed by atoms with Gasteiger partial charge in [0.05, 0.1) is 18.4 Å². The third-order valence-corrected chi connectivity index (χ3v) is 4.94. The van der Waals surface area contributed by atoms with E-state index in [2.05, 4.69) is 6.92 Å². The molecule has 0 bridgehead atoms. The van der Waals surface area contributed by atoms with Crippen LogP contribution in [0.15, 0.2) is 18.2 Å². The first-order valence-electron chi connectivity index (χ1n) is 8.87. The van der Waals surface area contributed by atoms with E-state index in [1.807, 2.05) is 32.9 Å². The van der Waals surface area contributed by atoms with Gasteiger partial charge in [-0.1, -0.05) is 18.6 Å². The highest BCUT2D eigenvalue weighted by Gasteiger charge is 2.32. The number of hydrogen-bond donors (Lipinski definition) is 0. The largest absolute Gasteiger partial charge is 0.465 e. The first-order chi connectivity index (χ1) is 11.3. The van der Waals surface area contributed by atoms with Crippen LogP contribution < -0.4 is 4.90 Å². The molecule has 132 valence electrons. The van der Waals surface area contributed by atoms with Crippen LogP contribution >= 0.6 is 0 Å². The van der Waals surface area contributed by atoms with Gasteiger partial charge in [0.25, 0.3) is 0 Å². The van der Waals surface area contributed by atoms with Gasteiger partial charge in [-0.15, -0.1) is 0 Å². The lowest BCUT2D eigenvalue weighted by atomic mass is 9.82. The molecule has 1 saturated carbocycles. The average molecular weight is 331 g/mol. The second kappa shape index (κ2) is 7.82. The molecule has 0 aromatic heterocycles. The summed E-state index contributed by atoms with van der Waals surface area (Å²) in [6, 6.07) is 5.59. The molecule has 4 heteroatoms. The zero-order chi connectivity index (χ0) is 17.9. The third kappa shape index (κ3) is 3.97. The maximum absolute atomic E-state index is 13.2. The van der Waals surface area contributed by atoms with Crippen LogP contribution in [0, 0.1) is 18.8 Å². The quantitative estimate of drug-likeness (QED) is 0.771. The maximum atomic E-state index is 13.2. The molecule has 0 atom stereocenters. The van der Waals surface area contributed by atoms with E-state index < -0.39 is 5.97 Å². The zero-order valence-electron chi connectivity index (χ0n) is 15.5. The van der Waals surface area contributed by atoms with Crippen molar-refractivity contribution in [2.45, 2.75) is 59.4 Å². The Balaban J connectivity index is 2.37. The smallest absolute Gasteiger partial charge is 0.339 e. The number of ether oxygens (including phenoxy) is 1. The first-order valence-corrected chi connectivity index (χ1v) is 8.87. The molecule has 0 unspecified atom stereocenters. The first kappa shape index (κ1) is 18.5. The monoisotopic (exact) mass is 331 g/mol. The van der Waals surface area contributed by atoms with E-state index in [0.717, 1.165) is 31.2 Å². The van der Waals surface area contributed by atoms with E-state index in [1.54, 1.807) is 11.0 Å². The molecule has 0 aliphatic heterocycles. The van der Waals surface area contributed by atoms with Crippen LogP contribution in [0.3, 0.4) is 0 Å².